The first-order valence-electron chi connectivity index (χ1n) is 21.0. The molecule has 0 saturated carbocycles. The van der Waals surface area contributed by atoms with Crippen molar-refractivity contribution in [2.24, 2.45) is 0 Å². The lowest BCUT2D eigenvalue weighted by molar-refractivity contribution is 0.305. The van der Waals surface area contributed by atoms with Crippen LogP contribution in [0.3, 0.4) is 0 Å². The lowest BCUT2D eigenvalue weighted by Gasteiger charge is -2.28. The molecule has 0 unspecified atom stereocenters. The number of benzene rings is 4. The molecular formula is C52H68O4. The van der Waals surface area contributed by atoms with Crippen LogP contribution in [0.25, 0.3) is 0 Å². The minimum absolute atomic E-state index is 0.134. The first-order chi connectivity index (χ1) is 26.1. The molecule has 0 radical (unpaired) electrons. The predicted molar refractivity (Wildman–Crippen MR) is 234 cm³/mol. The van der Waals surface area contributed by atoms with Gasteiger partial charge < -0.3 is 19.7 Å². The molecule has 4 aromatic carbocycles. The van der Waals surface area contributed by atoms with Gasteiger partial charge in [-0.1, -0.05) is 144 Å². The van der Waals surface area contributed by atoms with Crippen LogP contribution in [-0.2, 0) is 47.3 Å². The summed E-state index contributed by atoms with van der Waals surface area (Å²) in [6.45, 7) is 28.2. The molecule has 2 aliphatic rings. The van der Waals surface area contributed by atoms with E-state index < -0.39 is 0 Å². The van der Waals surface area contributed by atoms with Crippen molar-refractivity contribution in [3.05, 3.63) is 127 Å². The molecular weight excluding hydrogens is 689 g/mol. The average Bonchev–Trinajstić information content (AvgIpc) is 3.07. The maximum absolute atomic E-state index is 12.4. The van der Waals surface area contributed by atoms with E-state index in [2.05, 4.69) is 144 Å². The van der Waals surface area contributed by atoms with Crippen LogP contribution < -0.4 is 9.47 Å². The van der Waals surface area contributed by atoms with Crippen molar-refractivity contribution in [2.75, 3.05) is 13.2 Å². The van der Waals surface area contributed by atoms with Crippen LogP contribution in [0, 0.1) is 0 Å². The summed E-state index contributed by atoms with van der Waals surface area (Å²) in [5.74, 6) is 2.42. The third kappa shape index (κ3) is 9.33. The number of allylic oxidation sites excluding steroid dienone is 2. The third-order valence-electron chi connectivity index (χ3n) is 11.7. The van der Waals surface area contributed by atoms with E-state index in [1.54, 1.807) is 0 Å². The summed E-state index contributed by atoms with van der Waals surface area (Å²) in [5.41, 5.74) is 12.1. The fourth-order valence-electron chi connectivity index (χ4n) is 8.00. The van der Waals surface area contributed by atoms with Gasteiger partial charge in [0.2, 0.25) is 0 Å². The molecule has 0 aromatic heterocycles. The molecule has 0 saturated heterocycles. The molecule has 4 heteroatoms. The SMILES string of the molecule is CC(C)(C)c1cc2c(O)c(c1)Cc1cc(C(C)(C)C)cc3c1OCCC/C=C/CCCOc1c(cc(C(C)(C)C)cc1Cc1cc(C(C)(C)C)cc(c1O)C3)C2. The van der Waals surface area contributed by atoms with Gasteiger partial charge in [0.1, 0.15) is 23.0 Å². The Hall–Kier alpha value is -4.18. The number of hydrogen-bond donors (Lipinski definition) is 2. The van der Waals surface area contributed by atoms with E-state index in [0.717, 1.165) is 81.7 Å². The maximum Gasteiger partial charge on any atom is 0.126 e. The maximum atomic E-state index is 12.4. The zero-order valence-electron chi connectivity index (χ0n) is 36.6. The van der Waals surface area contributed by atoms with Crippen molar-refractivity contribution in [2.45, 2.75) is 156 Å². The molecule has 56 heavy (non-hydrogen) atoms. The number of rotatable bonds is 0. The lowest BCUT2D eigenvalue weighted by atomic mass is 9.79. The van der Waals surface area contributed by atoms with Gasteiger partial charge in [0.25, 0.3) is 0 Å². The minimum Gasteiger partial charge on any atom is -0.507 e. The monoisotopic (exact) mass is 757 g/mol. The van der Waals surface area contributed by atoms with Crippen LogP contribution >= 0.6 is 0 Å². The van der Waals surface area contributed by atoms with Crippen molar-refractivity contribution >= 4 is 0 Å². The fourth-order valence-corrected chi connectivity index (χ4v) is 8.00. The van der Waals surface area contributed by atoms with Crippen molar-refractivity contribution in [3.63, 3.8) is 0 Å². The van der Waals surface area contributed by atoms with E-state index in [0.29, 0.717) is 50.4 Å². The number of phenolic OH excluding ortho intramolecular Hbond substituents is 2. The van der Waals surface area contributed by atoms with Crippen LogP contribution in [0.15, 0.2) is 60.7 Å². The Balaban J connectivity index is 1.76. The van der Waals surface area contributed by atoms with E-state index in [4.69, 9.17) is 9.47 Å². The first kappa shape index (κ1) is 41.5. The van der Waals surface area contributed by atoms with Gasteiger partial charge >= 0.3 is 0 Å². The Morgan fingerprint density at radius 1 is 0.375 bits per heavy atom. The Bertz CT molecular complexity index is 1860. The summed E-state index contributed by atoms with van der Waals surface area (Å²) in [6.07, 6.45) is 10.3. The summed E-state index contributed by atoms with van der Waals surface area (Å²) in [4.78, 5) is 0. The van der Waals surface area contributed by atoms with E-state index in [-0.39, 0.29) is 21.7 Å². The van der Waals surface area contributed by atoms with Crippen LogP contribution in [0.2, 0.25) is 0 Å². The third-order valence-corrected chi connectivity index (χ3v) is 11.7. The van der Waals surface area contributed by atoms with Gasteiger partial charge in [0.05, 0.1) is 13.2 Å². The average molecular weight is 757 g/mol. The molecule has 300 valence electrons. The standard InChI is InChI=1S/C52H68O4/c1-49(2,3)41-25-33-21-37-29-43(51(7,8)9)31-39-23-35-27-42(50(4,5)6)28-36(46(35)54)24-40-32-44(52(10,11)12)30-38(22-34(26-41)45(33)53)48(40)56-20-18-16-14-13-15-17-19-55-47(37)39/h13-14,25-32,53-54H,15-24H2,1-12H3/b14-13+. The van der Waals surface area contributed by atoms with Crippen molar-refractivity contribution in [1.82, 2.24) is 0 Å². The van der Waals surface area contributed by atoms with Crippen LogP contribution in [0.5, 0.6) is 23.0 Å². The highest BCUT2D eigenvalue weighted by atomic mass is 16.5. The molecule has 10 bridgehead atoms. The van der Waals surface area contributed by atoms with Gasteiger partial charge in [0.15, 0.2) is 0 Å². The number of hydrogen-bond acceptors (Lipinski definition) is 4. The van der Waals surface area contributed by atoms with Gasteiger partial charge in [-0.15, -0.1) is 0 Å². The minimum atomic E-state index is -0.138. The van der Waals surface area contributed by atoms with Crippen LogP contribution in [-0.4, -0.2) is 23.4 Å². The fraction of sp³-hybridized carbons (Fsp3) is 0.500. The first-order valence-corrected chi connectivity index (χ1v) is 21.0. The molecule has 0 atom stereocenters. The smallest absolute Gasteiger partial charge is 0.126 e. The van der Waals surface area contributed by atoms with Gasteiger partial charge in [-0.3, -0.25) is 0 Å². The Labute approximate surface area is 338 Å². The Morgan fingerprint density at radius 2 is 0.607 bits per heavy atom. The second-order valence-corrected chi connectivity index (χ2v) is 20.7. The van der Waals surface area contributed by atoms with Gasteiger partial charge in [-0.25, -0.2) is 0 Å². The quantitative estimate of drug-likeness (QED) is 0.155. The van der Waals surface area contributed by atoms with Gasteiger partial charge in [-0.2, -0.15) is 0 Å². The van der Waals surface area contributed by atoms with Crippen LogP contribution in [0.1, 0.15) is 176 Å². The summed E-state index contributed by atoms with van der Waals surface area (Å²) < 4.78 is 13.8. The molecule has 2 N–H and O–H groups in total. The van der Waals surface area contributed by atoms with Crippen molar-refractivity contribution in [1.29, 1.82) is 0 Å². The normalized spacial score (nSPS) is 16.4. The molecule has 1 aliphatic carbocycles. The molecule has 1 aliphatic heterocycles. The van der Waals surface area contributed by atoms with E-state index in [1.807, 2.05) is 0 Å². The van der Waals surface area contributed by atoms with E-state index in [1.165, 1.54) is 22.3 Å². The molecule has 1 heterocycles. The summed E-state index contributed by atoms with van der Waals surface area (Å²) in [7, 11) is 0. The highest BCUT2D eigenvalue weighted by molar-refractivity contribution is 5.59. The molecule has 0 amide bonds. The Morgan fingerprint density at radius 3 is 0.839 bits per heavy atom. The van der Waals surface area contributed by atoms with Crippen molar-refractivity contribution in [3.8, 4) is 23.0 Å². The van der Waals surface area contributed by atoms with E-state index >= 15 is 0 Å². The zero-order chi connectivity index (χ0) is 40.8. The summed E-state index contributed by atoms with van der Waals surface area (Å²) in [6, 6.07) is 18.0. The number of aromatic hydroxyl groups is 2. The molecule has 4 aromatic rings. The molecule has 0 spiro atoms. The van der Waals surface area contributed by atoms with Gasteiger partial charge in [-0.05, 0) is 114 Å². The summed E-state index contributed by atoms with van der Waals surface area (Å²) in [5, 5.41) is 24.8. The molecule has 0 fully saturated rings. The highest BCUT2D eigenvalue weighted by Gasteiger charge is 2.28. The molecule has 4 nitrogen and oxygen atoms in total. The van der Waals surface area contributed by atoms with Crippen molar-refractivity contribution < 1.29 is 19.7 Å². The number of phenols is 2. The van der Waals surface area contributed by atoms with Crippen LogP contribution in [0.4, 0.5) is 0 Å². The largest absolute Gasteiger partial charge is 0.507 e. The zero-order valence-corrected chi connectivity index (χ0v) is 36.6. The number of fused-ring (bicyclic) bond motifs is 2. The Kier molecular flexibility index (Phi) is 11.6. The predicted octanol–water partition coefficient (Wildman–Crippen LogP) is 12.9. The second kappa shape index (κ2) is 15.6. The van der Waals surface area contributed by atoms with E-state index in [9.17, 15) is 10.2 Å². The second-order valence-electron chi connectivity index (χ2n) is 20.7. The summed E-state index contributed by atoms with van der Waals surface area (Å²) >= 11 is 0. The lowest BCUT2D eigenvalue weighted by Crippen LogP contribution is -2.17. The molecule has 6 rings (SSSR count). The topological polar surface area (TPSA) is 58.9 Å². The van der Waals surface area contributed by atoms with Gasteiger partial charge in [0, 0.05) is 25.7 Å². The highest BCUT2D eigenvalue weighted by Crippen LogP contribution is 2.44. The number of ether oxygens (including phenoxy) is 2.